The smallest absolute Gasteiger partial charge is 0.183 e. The van der Waals surface area contributed by atoms with Gasteiger partial charge in [-0.2, -0.15) is 0 Å². The number of ether oxygens (including phenoxy) is 4. The van der Waals surface area contributed by atoms with Crippen LogP contribution >= 0.6 is 0 Å². The van der Waals surface area contributed by atoms with Crippen molar-refractivity contribution in [3.63, 3.8) is 0 Å². The van der Waals surface area contributed by atoms with Gasteiger partial charge in [0, 0.05) is 28.7 Å². The molecule has 0 aliphatic heterocycles. The van der Waals surface area contributed by atoms with Crippen molar-refractivity contribution >= 4 is 0 Å². The summed E-state index contributed by atoms with van der Waals surface area (Å²) in [5.41, 5.74) is 0. The summed E-state index contributed by atoms with van der Waals surface area (Å²) < 4.78 is 22.5. The van der Waals surface area contributed by atoms with Crippen molar-refractivity contribution in [2.45, 2.75) is 32.2 Å². The maximum atomic E-state index is 5.89. The molecule has 5 heteroatoms. The zero-order chi connectivity index (χ0) is 18.7. The third kappa shape index (κ3) is 7.94. The SMILES string of the molecule is CC(OCCOCCOC1CC2C=CC1C2)O[c-]1cccc1.[Fe].[cH-]1[cH-][cH-][cH-][cH-]1. The minimum atomic E-state index is -0.261. The van der Waals surface area contributed by atoms with Crippen molar-refractivity contribution in [1.29, 1.82) is 0 Å². The van der Waals surface area contributed by atoms with Crippen LogP contribution in [-0.4, -0.2) is 38.8 Å². The molecule has 0 aromatic heterocycles. The zero-order valence-electron chi connectivity index (χ0n) is 16.4. The van der Waals surface area contributed by atoms with E-state index in [0.717, 1.165) is 11.7 Å². The molecule has 4 unspecified atom stereocenters. The summed E-state index contributed by atoms with van der Waals surface area (Å²) >= 11 is 0. The van der Waals surface area contributed by atoms with Crippen molar-refractivity contribution < 1.29 is 36.0 Å². The van der Waals surface area contributed by atoms with Gasteiger partial charge in [0.05, 0.1) is 32.5 Å². The average Bonchev–Trinajstić information content (AvgIpc) is 3.47. The number of rotatable bonds is 10. The summed E-state index contributed by atoms with van der Waals surface area (Å²) in [6.07, 6.45) is 7.25. The molecule has 0 amide bonds. The molecule has 4 rings (SSSR count). The molecule has 1 fully saturated rings. The van der Waals surface area contributed by atoms with Crippen molar-refractivity contribution in [3.8, 4) is 5.75 Å². The Bertz CT molecular complexity index is 606. The van der Waals surface area contributed by atoms with Gasteiger partial charge in [-0.25, -0.2) is 12.1 Å². The first-order valence-electron chi connectivity index (χ1n) is 9.85. The second-order valence-electron chi connectivity index (χ2n) is 6.94. The molecular weight excluding hydrogens is 396 g/mol. The number of hydrogen-bond donors (Lipinski definition) is 0. The Kier molecular flexibility index (Phi) is 10.6. The minimum Gasteiger partial charge on any atom is -0.748 e. The first kappa shape index (κ1) is 22.9. The Morgan fingerprint density at radius 2 is 1.61 bits per heavy atom. The first-order valence-corrected chi connectivity index (χ1v) is 9.85. The van der Waals surface area contributed by atoms with E-state index in [2.05, 4.69) is 12.2 Å². The van der Waals surface area contributed by atoms with Crippen molar-refractivity contribution in [1.82, 2.24) is 0 Å². The molecule has 2 aliphatic rings. The summed E-state index contributed by atoms with van der Waals surface area (Å²) in [4.78, 5) is 0. The van der Waals surface area contributed by atoms with Gasteiger partial charge in [0.25, 0.3) is 0 Å². The van der Waals surface area contributed by atoms with Gasteiger partial charge in [0.1, 0.15) is 0 Å². The van der Waals surface area contributed by atoms with Crippen LogP contribution in [0.3, 0.4) is 0 Å². The van der Waals surface area contributed by atoms with E-state index in [0.29, 0.717) is 38.4 Å². The molecule has 4 atom stereocenters. The Balaban J connectivity index is 0.000000408. The molecule has 28 heavy (non-hydrogen) atoms. The molecule has 2 aromatic carbocycles. The Labute approximate surface area is 179 Å². The van der Waals surface area contributed by atoms with Crippen LogP contribution in [0.2, 0.25) is 0 Å². The largest absolute Gasteiger partial charge is 0.748 e. The van der Waals surface area contributed by atoms with Gasteiger partial charge < -0.3 is 49.3 Å². The van der Waals surface area contributed by atoms with E-state index >= 15 is 0 Å². The maximum Gasteiger partial charge on any atom is 0.183 e. The molecule has 2 aliphatic carbocycles. The molecule has 2 bridgehead atoms. The monoisotopic (exact) mass is 426 g/mol. The standard InChI is InChI=1S/C18H25O4.C5H5.Fe/c1-14(22-17-4-2-3-5-17)20-10-8-19-9-11-21-18-13-15-6-7-16(18)12-15;1-2-4-5-3-1;/h2-7,14-16,18H,8-13H2,1H3;1-5H;/q-1;-5;. The van der Waals surface area contributed by atoms with E-state index in [4.69, 9.17) is 18.9 Å². The van der Waals surface area contributed by atoms with Gasteiger partial charge in [-0.15, -0.1) is 12.1 Å². The molecule has 160 valence electrons. The maximum absolute atomic E-state index is 5.89. The van der Waals surface area contributed by atoms with Gasteiger partial charge in [-0.3, -0.25) is 0 Å². The second-order valence-corrected chi connectivity index (χ2v) is 6.94. The molecular formula is C23H30FeO4-6. The van der Waals surface area contributed by atoms with Crippen molar-refractivity contribution in [2.24, 2.45) is 11.8 Å². The van der Waals surface area contributed by atoms with Crippen LogP contribution in [0.5, 0.6) is 5.75 Å². The van der Waals surface area contributed by atoms with E-state index in [1.54, 1.807) is 0 Å². The predicted octanol–water partition coefficient (Wildman–Crippen LogP) is 4.55. The van der Waals surface area contributed by atoms with Crippen LogP contribution in [0.25, 0.3) is 0 Å². The summed E-state index contributed by atoms with van der Waals surface area (Å²) in [5, 5.41) is 0. The molecule has 0 radical (unpaired) electrons. The molecule has 1 saturated carbocycles. The second kappa shape index (κ2) is 13.0. The summed E-state index contributed by atoms with van der Waals surface area (Å²) in [6.45, 7) is 4.27. The van der Waals surface area contributed by atoms with Gasteiger partial charge in [-0.05, 0) is 25.7 Å². The summed E-state index contributed by atoms with van der Waals surface area (Å²) in [5.74, 6) is 2.23. The molecule has 0 spiro atoms. The Hall–Kier alpha value is -1.36. The first-order chi connectivity index (χ1) is 13.3. The average molecular weight is 426 g/mol. The summed E-state index contributed by atoms with van der Waals surface area (Å²) in [6, 6.07) is 17.7. The van der Waals surface area contributed by atoms with Gasteiger partial charge in [-0.1, -0.05) is 12.2 Å². The Morgan fingerprint density at radius 1 is 0.929 bits per heavy atom. The minimum absolute atomic E-state index is 0. The normalized spacial score (nSPS) is 23.0. The van der Waals surface area contributed by atoms with Crippen LogP contribution in [0, 0.1) is 11.8 Å². The van der Waals surface area contributed by atoms with Crippen LogP contribution in [0.15, 0.2) is 66.7 Å². The third-order valence-corrected chi connectivity index (χ3v) is 4.85. The van der Waals surface area contributed by atoms with E-state index in [1.807, 2.05) is 61.5 Å². The van der Waals surface area contributed by atoms with Crippen LogP contribution in [0.4, 0.5) is 0 Å². The molecule has 0 saturated heterocycles. The fourth-order valence-corrected chi connectivity index (χ4v) is 3.54. The molecule has 0 heterocycles. The number of hydrogen-bond acceptors (Lipinski definition) is 4. The fourth-order valence-electron chi connectivity index (χ4n) is 3.54. The quantitative estimate of drug-likeness (QED) is 0.184. The van der Waals surface area contributed by atoms with Crippen molar-refractivity contribution in [3.05, 3.63) is 66.7 Å². The molecule has 2 aromatic rings. The van der Waals surface area contributed by atoms with Crippen LogP contribution in [0.1, 0.15) is 19.8 Å². The van der Waals surface area contributed by atoms with Gasteiger partial charge in [0.15, 0.2) is 6.29 Å². The summed E-state index contributed by atoms with van der Waals surface area (Å²) in [7, 11) is 0. The predicted molar refractivity (Wildman–Crippen MR) is 106 cm³/mol. The Morgan fingerprint density at radius 3 is 2.21 bits per heavy atom. The number of allylic oxidation sites excluding steroid dienone is 1. The molecule has 4 nitrogen and oxygen atoms in total. The van der Waals surface area contributed by atoms with Gasteiger partial charge >= 0.3 is 0 Å². The third-order valence-electron chi connectivity index (χ3n) is 4.85. The van der Waals surface area contributed by atoms with Crippen molar-refractivity contribution in [2.75, 3.05) is 26.4 Å². The zero-order valence-corrected chi connectivity index (χ0v) is 17.5. The number of fused-ring (bicyclic) bond motifs is 2. The topological polar surface area (TPSA) is 36.9 Å². The van der Waals surface area contributed by atoms with Gasteiger partial charge in [0.2, 0.25) is 0 Å². The van der Waals surface area contributed by atoms with E-state index in [-0.39, 0.29) is 23.4 Å². The fraction of sp³-hybridized carbons (Fsp3) is 0.478. The van der Waals surface area contributed by atoms with Crippen LogP contribution < -0.4 is 4.74 Å². The van der Waals surface area contributed by atoms with E-state index in [1.165, 1.54) is 12.8 Å². The van der Waals surface area contributed by atoms with E-state index in [9.17, 15) is 0 Å². The van der Waals surface area contributed by atoms with Crippen LogP contribution in [-0.2, 0) is 31.3 Å². The molecule has 0 N–H and O–H groups in total. The van der Waals surface area contributed by atoms with E-state index < -0.39 is 0 Å².